The third kappa shape index (κ3) is 2.47. The van der Waals surface area contributed by atoms with Crippen LogP contribution in [0.2, 0.25) is 0 Å². The van der Waals surface area contributed by atoms with Crippen LogP contribution in [0.4, 0.5) is 0 Å². The Hall–Kier alpha value is -1.35. The SMILES string of the molecule is CC(=O)C(Br)C(=O)NC1C(=O)N2C(C(=O)O)=CCS[C@@H]12. The van der Waals surface area contributed by atoms with Crippen LogP contribution in [-0.4, -0.2) is 55.6 Å². The van der Waals surface area contributed by atoms with Gasteiger partial charge in [-0.3, -0.25) is 19.3 Å². The van der Waals surface area contributed by atoms with E-state index in [1.807, 2.05) is 0 Å². The number of fused-ring (bicyclic) bond motifs is 1. The number of carboxylic acids is 1. The molecule has 2 aliphatic rings. The van der Waals surface area contributed by atoms with Gasteiger partial charge in [-0.2, -0.15) is 0 Å². The van der Waals surface area contributed by atoms with Crippen LogP contribution in [0.25, 0.3) is 0 Å². The fourth-order valence-corrected chi connectivity index (χ4v) is 3.28. The number of thioether (sulfide) groups is 1. The minimum Gasteiger partial charge on any atom is -0.477 e. The number of alkyl halides is 1. The van der Waals surface area contributed by atoms with E-state index in [9.17, 15) is 19.2 Å². The third-order valence-electron chi connectivity index (χ3n) is 2.95. The number of rotatable bonds is 4. The summed E-state index contributed by atoms with van der Waals surface area (Å²) in [7, 11) is 0. The first-order valence-corrected chi connectivity index (χ1v) is 7.64. The lowest BCUT2D eigenvalue weighted by atomic mass is 10.0. The molecule has 2 heterocycles. The Balaban J connectivity index is 2.06. The van der Waals surface area contributed by atoms with E-state index in [4.69, 9.17) is 5.11 Å². The monoisotopic (exact) mass is 362 g/mol. The molecule has 20 heavy (non-hydrogen) atoms. The topological polar surface area (TPSA) is 104 Å². The summed E-state index contributed by atoms with van der Waals surface area (Å²) in [5, 5.41) is 11.0. The van der Waals surface area contributed by atoms with E-state index in [0.717, 1.165) is 4.90 Å². The van der Waals surface area contributed by atoms with Crippen LogP contribution in [0.5, 0.6) is 0 Å². The van der Waals surface area contributed by atoms with Crippen molar-refractivity contribution in [2.45, 2.75) is 23.2 Å². The van der Waals surface area contributed by atoms with Crippen LogP contribution in [0.1, 0.15) is 6.92 Å². The predicted octanol–water partition coefficient (Wildman–Crippen LogP) is -0.293. The van der Waals surface area contributed by atoms with Gasteiger partial charge in [-0.05, 0) is 13.0 Å². The van der Waals surface area contributed by atoms with Gasteiger partial charge in [-0.15, -0.1) is 11.8 Å². The number of carbonyl (C=O) groups is 4. The van der Waals surface area contributed by atoms with Crippen molar-refractivity contribution >= 4 is 51.3 Å². The van der Waals surface area contributed by atoms with Crippen molar-refractivity contribution in [3.8, 4) is 0 Å². The van der Waals surface area contributed by atoms with E-state index in [2.05, 4.69) is 21.2 Å². The minimum absolute atomic E-state index is 0.0637. The quantitative estimate of drug-likeness (QED) is 0.404. The number of carboxylic acid groups (broad SMARTS) is 1. The van der Waals surface area contributed by atoms with Gasteiger partial charge in [0.15, 0.2) is 10.6 Å². The maximum Gasteiger partial charge on any atom is 0.352 e. The molecule has 0 spiro atoms. The van der Waals surface area contributed by atoms with Gasteiger partial charge < -0.3 is 10.4 Å². The highest BCUT2D eigenvalue weighted by atomic mass is 79.9. The summed E-state index contributed by atoms with van der Waals surface area (Å²) >= 11 is 4.29. The summed E-state index contributed by atoms with van der Waals surface area (Å²) < 4.78 is 0. The molecular weight excluding hydrogens is 352 g/mol. The zero-order valence-electron chi connectivity index (χ0n) is 10.3. The highest BCUT2D eigenvalue weighted by Crippen LogP contribution is 2.37. The molecule has 2 amide bonds. The summed E-state index contributed by atoms with van der Waals surface area (Å²) in [5.74, 6) is -2.16. The highest BCUT2D eigenvalue weighted by molar-refractivity contribution is 9.10. The van der Waals surface area contributed by atoms with E-state index >= 15 is 0 Å². The van der Waals surface area contributed by atoms with E-state index in [1.165, 1.54) is 24.8 Å². The molecule has 1 saturated heterocycles. The van der Waals surface area contributed by atoms with Gasteiger partial charge >= 0.3 is 5.97 Å². The maximum atomic E-state index is 11.9. The Labute approximate surface area is 126 Å². The van der Waals surface area contributed by atoms with Crippen LogP contribution >= 0.6 is 27.7 Å². The second-order valence-electron chi connectivity index (χ2n) is 4.29. The van der Waals surface area contributed by atoms with E-state index in [0.29, 0.717) is 5.75 Å². The number of halogens is 1. The second kappa shape index (κ2) is 5.57. The molecule has 2 aliphatic heterocycles. The lowest BCUT2D eigenvalue weighted by molar-refractivity contribution is -0.150. The summed E-state index contributed by atoms with van der Waals surface area (Å²) in [4.78, 5) is 45.9. The smallest absolute Gasteiger partial charge is 0.352 e. The first-order chi connectivity index (χ1) is 9.34. The number of hydrogen-bond donors (Lipinski definition) is 2. The first-order valence-electron chi connectivity index (χ1n) is 5.67. The number of nitrogens with one attached hydrogen (secondary N) is 1. The van der Waals surface area contributed by atoms with Crippen molar-refractivity contribution in [2.24, 2.45) is 0 Å². The van der Waals surface area contributed by atoms with Crippen molar-refractivity contribution in [3.05, 3.63) is 11.8 Å². The van der Waals surface area contributed by atoms with Gasteiger partial charge in [0.1, 0.15) is 17.1 Å². The average Bonchev–Trinajstić information content (AvgIpc) is 2.42. The molecule has 0 radical (unpaired) electrons. The maximum absolute atomic E-state index is 11.9. The van der Waals surface area contributed by atoms with Gasteiger partial charge in [0.05, 0.1) is 0 Å². The Bertz CT molecular complexity index is 535. The van der Waals surface area contributed by atoms with E-state index in [-0.39, 0.29) is 11.5 Å². The molecule has 2 unspecified atom stereocenters. The lowest BCUT2D eigenvalue weighted by Gasteiger charge is -2.48. The Morgan fingerprint density at radius 3 is 2.75 bits per heavy atom. The Morgan fingerprint density at radius 1 is 1.55 bits per heavy atom. The number of Topliss-reactive ketones (excluding diaryl/α,β-unsaturated/α-hetero) is 1. The highest BCUT2D eigenvalue weighted by Gasteiger charge is 2.53. The molecule has 0 aromatic carbocycles. The second-order valence-corrected chi connectivity index (χ2v) is 6.35. The molecule has 7 nitrogen and oxygen atoms in total. The summed E-state index contributed by atoms with van der Waals surface area (Å²) in [6, 6.07) is -0.796. The van der Waals surface area contributed by atoms with Crippen molar-refractivity contribution in [3.63, 3.8) is 0 Å². The van der Waals surface area contributed by atoms with Crippen molar-refractivity contribution in [2.75, 3.05) is 5.75 Å². The van der Waals surface area contributed by atoms with Gasteiger partial charge in [-0.1, -0.05) is 15.9 Å². The van der Waals surface area contributed by atoms with Gasteiger partial charge in [0, 0.05) is 5.75 Å². The molecule has 2 N–H and O–H groups in total. The molecule has 0 aromatic rings. The summed E-state index contributed by atoms with van der Waals surface area (Å²) in [6.45, 7) is 1.26. The van der Waals surface area contributed by atoms with Gasteiger partial charge in [0.2, 0.25) is 5.91 Å². The minimum atomic E-state index is -1.17. The molecule has 0 aliphatic carbocycles. The number of nitrogens with zero attached hydrogens (tertiary/aromatic N) is 1. The number of β-lactam (4-membered cyclic amide) rings is 1. The average molecular weight is 363 g/mol. The molecular formula is C11H11BrN2O5S. The van der Waals surface area contributed by atoms with Crippen molar-refractivity contribution < 1.29 is 24.3 Å². The summed E-state index contributed by atoms with van der Waals surface area (Å²) in [6.07, 6.45) is 1.46. The number of ketones is 1. The molecule has 9 heteroatoms. The molecule has 2 rings (SSSR count). The molecule has 3 atom stereocenters. The van der Waals surface area contributed by atoms with E-state index in [1.54, 1.807) is 0 Å². The van der Waals surface area contributed by atoms with Crippen LogP contribution in [0.15, 0.2) is 11.8 Å². The zero-order valence-corrected chi connectivity index (χ0v) is 12.7. The Morgan fingerprint density at radius 2 is 2.20 bits per heavy atom. The summed E-state index contributed by atoms with van der Waals surface area (Å²) in [5.41, 5.74) is -0.0637. The van der Waals surface area contributed by atoms with Crippen LogP contribution in [-0.2, 0) is 19.2 Å². The lowest BCUT2D eigenvalue weighted by Crippen LogP contribution is -2.70. The normalized spacial score (nSPS) is 26.0. The van der Waals surface area contributed by atoms with Crippen molar-refractivity contribution in [1.82, 2.24) is 10.2 Å². The molecule has 1 fully saturated rings. The first kappa shape index (κ1) is 15.0. The van der Waals surface area contributed by atoms with E-state index < -0.39 is 34.0 Å². The largest absolute Gasteiger partial charge is 0.477 e. The standard InChI is InChI=1S/C11H11BrN2O5S/c1-4(15)6(12)8(16)13-7-9(17)14-5(11(18)19)2-3-20-10(7)14/h2,6-7,10H,3H2,1H3,(H,13,16)(H,18,19)/t6?,7?,10-/m0/s1. The molecule has 0 bridgehead atoms. The number of aliphatic carboxylic acids is 1. The van der Waals surface area contributed by atoms with Crippen LogP contribution < -0.4 is 5.32 Å². The Kier molecular flexibility index (Phi) is 4.19. The zero-order chi connectivity index (χ0) is 15.0. The fraction of sp³-hybridized carbons (Fsp3) is 0.455. The van der Waals surface area contributed by atoms with Crippen LogP contribution in [0, 0.1) is 0 Å². The molecule has 0 saturated carbocycles. The number of hydrogen-bond acceptors (Lipinski definition) is 5. The number of carbonyl (C=O) groups excluding carboxylic acids is 3. The predicted molar refractivity (Wildman–Crippen MR) is 74.1 cm³/mol. The number of amides is 2. The molecule has 0 aromatic heterocycles. The van der Waals surface area contributed by atoms with Gasteiger partial charge in [0.25, 0.3) is 5.91 Å². The fourth-order valence-electron chi connectivity index (χ4n) is 1.95. The third-order valence-corrected chi connectivity index (χ3v) is 5.19. The van der Waals surface area contributed by atoms with Crippen LogP contribution in [0.3, 0.4) is 0 Å². The molecule has 108 valence electrons. The van der Waals surface area contributed by atoms with Crippen molar-refractivity contribution in [1.29, 1.82) is 0 Å². The van der Waals surface area contributed by atoms with Gasteiger partial charge in [-0.25, -0.2) is 4.79 Å².